The molecule has 1 aromatic rings. The van der Waals surface area contributed by atoms with Crippen LogP contribution in [0, 0.1) is 0 Å². The van der Waals surface area contributed by atoms with E-state index in [0.29, 0.717) is 24.5 Å². The number of carbonyl (C=O) groups is 1. The Morgan fingerprint density at radius 3 is 3.00 bits per heavy atom. The zero-order chi connectivity index (χ0) is 10.8. The maximum absolute atomic E-state index is 10.8. The average molecular weight is 209 g/mol. The third-order valence-corrected chi connectivity index (χ3v) is 2.35. The molecule has 1 amide bonds. The minimum absolute atomic E-state index is 0.0700. The van der Waals surface area contributed by atoms with E-state index in [-0.39, 0.29) is 12.3 Å². The van der Waals surface area contributed by atoms with Crippen LogP contribution in [0.5, 0.6) is 11.5 Å². The standard InChI is InChI=1S/C10H11NO4/c12-8-2-1-3-9-7(8)6-11(10(13)14)4-5-15-9/h1-3,12H,4-6H2,(H,13,14). The van der Waals surface area contributed by atoms with E-state index in [2.05, 4.69) is 0 Å². The molecule has 80 valence electrons. The van der Waals surface area contributed by atoms with Crippen molar-refractivity contribution in [3.05, 3.63) is 23.8 Å². The number of hydrogen-bond acceptors (Lipinski definition) is 3. The van der Waals surface area contributed by atoms with Crippen LogP contribution in [0.25, 0.3) is 0 Å². The summed E-state index contributed by atoms with van der Waals surface area (Å²) in [6, 6.07) is 4.92. The Morgan fingerprint density at radius 2 is 2.27 bits per heavy atom. The second-order valence-electron chi connectivity index (χ2n) is 3.31. The zero-order valence-corrected chi connectivity index (χ0v) is 8.01. The fourth-order valence-electron chi connectivity index (χ4n) is 1.55. The molecule has 0 saturated heterocycles. The van der Waals surface area contributed by atoms with Gasteiger partial charge in [0.2, 0.25) is 0 Å². The van der Waals surface area contributed by atoms with Crippen molar-refractivity contribution in [2.75, 3.05) is 13.2 Å². The summed E-state index contributed by atoms with van der Waals surface area (Å²) in [7, 11) is 0. The van der Waals surface area contributed by atoms with Gasteiger partial charge in [-0.25, -0.2) is 4.79 Å². The Labute approximate surface area is 86.5 Å². The highest BCUT2D eigenvalue weighted by molar-refractivity contribution is 5.65. The number of hydrogen-bond donors (Lipinski definition) is 2. The molecule has 0 radical (unpaired) electrons. The van der Waals surface area contributed by atoms with Crippen LogP contribution in [0.15, 0.2) is 18.2 Å². The normalized spacial score (nSPS) is 15.1. The van der Waals surface area contributed by atoms with Gasteiger partial charge in [-0.05, 0) is 12.1 Å². The Bertz CT molecular complexity index is 391. The van der Waals surface area contributed by atoms with Gasteiger partial charge in [0.1, 0.15) is 18.1 Å². The van der Waals surface area contributed by atoms with Gasteiger partial charge in [0.15, 0.2) is 0 Å². The van der Waals surface area contributed by atoms with Crippen LogP contribution >= 0.6 is 0 Å². The molecule has 1 heterocycles. The lowest BCUT2D eigenvalue weighted by Crippen LogP contribution is -2.30. The van der Waals surface area contributed by atoms with Crippen molar-refractivity contribution < 1.29 is 19.7 Å². The average Bonchev–Trinajstić information content (AvgIpc) is 2.40. The molecule has 0 aliphatic carbocycles. The second kappa shape index (κ2) is 3.68. The highest BCUT2D eigenvalue weighted by Gasteiger charge is 2.20. The van der Waals surface area contributed by atoms with Crippen LogP contribution in [-0.2, 0) is 6.54 Å². The Hall–Kier alpha value is -1.91. The topological polar surface area (TPSA) is 70.0 Å². The summed E-state index contributed by atoms with van der Waals surface area (Å²) in [6.45, 7) is 0.781. The molecule has 1 aliphatic rings. The van der Waals surface area contributed by atoms with Crippen molar-refractivity contribution in [3.63, 3.8) is 0 Å². The summed E-state index contributed by atoms with van der Waals surface area (Å²) in [5.41, 5.74) is 0.525. The Balaban J connectivity index is 2.35. The number of fused-ring (bicyclic) bond motifs is 1. The fourth-order valence-corrected chi connectivity index (χ4v) is 1.55. The van der Waals surface area contributed by atoms with Gasteiger partial charge in [-0.1, -0.05) is 6.07 Å². The molecule has 15 heavy (non-hydrogen) atoms. The number of amides is 1. The molecular weight excluding hydrogens is 198 g/mol. The lowest BCUT2D eigenvalue weighted by atomic mass is 10.1. The van der Waals surface area contributed by atoms with E-state index in [1.807, 2.05) is 0 Å². The fraction of sp³-hybridized carbons (Fsp3) is 0.300. The predicted octanol–water partition coefficient (Wildman–Crippen LogP) is 1.26. The molecule has 5 heteroatoms. The molecular formula is C10H11NO4. The highest BCUT2D eigenvalue weighted by atomic mass is 16.5. The van der Waals surface area contributed by atoms with E-state index in [4.69, 9.17) is 9.84 Å². The van der Waals surface area contributed by atoms with Gasteiger partial charge in [-0.2, -0.15) is 0 Å². The Morgan fingerprint density at radius 1 is 1.47 bits per heavy atom. The molecule has 1 aliphatic heterocycles. The third-order valence-electron chi connectivity index (χ3n) is 2.35. The maximum atomic E-state index is 10.8. The highest BCUT2D eigenvalue weighted by Crippen LogP contribution is 2.30. The number of rotatable bonds is 0. The molecule has 0 aromatic heterocycles. The summed E-state index contributed by atoms with van der Waals surface area (Å²) >= 11 is 0. The van der Waals surface area contributed by atoms with E-state index < -0.39 is 6.09 Å². The van der Waals surface area contributed by atoms with E-state index in [9.17, 15) is 9.90 Å². The number of phenols is 1. The minimum atomic E-state index is -1.00. The molecule has 2 N–H and O–H groups in total. The van der Waals surface area contributed by atoms with Crippen molar-refractivity contribution in [3.8, 4) is 11.5 Å². The van der Waals surface area contributed by atoms with E-state index in [1.54, 1.807) is 12.1 Å². The van der Waals surface area contributed by atoms with Gasteiger partial charge in [-0.3, -0.25) is 0 Å². The molecule has 0 unspecified atom stereocenters. The first-order valence-electron chi connectivity index (χ1n) is 4.60. The van der Waals surface area contributed by atoms with Crippen LogP contribution in [0.2, 0.25) is 0 Å². The minimum Gasteiger partial charge on any atom is -0.507 e. The first kappa shape index (κ1) is 9.64. The second-order valence-corrected chi connectivity index (χ2v) is 3.31. The lowest BCUT2D eigenvalue weighted by Gasteiger charge is -2.15. The van der Waals surface area contributed by atoms with Crippen LogP contribution in [0.4, 0.5) is 4.79 Å². The lowest BCUT2D eigenvalue weighted by molar-refractivity contribution is 0.138. The Kier molecular flexibility index (Phi) is 2.37. The molecule has 0 fully saturated rings. The van der Waals surface area contributed by atoms with Gasteiger partial charge >= 0.3 is 6.09 Å². The maximum Gasteiger partial charge on any atom is 0.407 e. The smallest absolute Gasteiger partial charge is 0.407 e. The number of carboxylic acid groups (broad SMARTS) is 1. The quantitative estimate of drug-likeness (QED) is 0.675. The van der Waals surface area contributed by atoms with E-state index >= 15 is 0 Å². The summed E-state index contributed by atoms with van der Waals surface area (Å²) in [5, 5.41) is 18.4. The summed E-state index contributed by atoms with van der Waals surface area (Å²) < 4.78 is 5.34. The van der Waals surface area contributed by atoms with Crippen LogP contribution < -0.4 is 4.74 Å². The summed E-state index contributed by atoms with van der Waals surface area (Å²) in [6.07, 6.45) is -1.00. The molecule has 2 rings (SSSR count). The zero-order valence-electron chi connectivity index (χ0n) is 8.01. The van der Waals surface area contributed by atoms with Gasteiger partial charge in [-0.15, -0.1) is 0 Å². The third kappa shape index (κ3) is 1.81. The van der Waals surface area contributed by atoms with Crippen LogP contribution in [0.3, 0.4) is 0 Å². The first-order valence-corrected chi connectivity index (χ1v) is 4.60. The summed E-state index contributed by atoms with van der Waals surface area (Å²) in [4.78, 5) is 12.0. The van der Waals surface area contributed by atoms with E-state index in [0.717, 1.165) is 0 Å². The number of aromatic hydroxyl groups is 1. The van der Waals surface area contributed by atoms with Crippen molar-refractivity contribution in [1.82, 2.24) is 4.90 Å². The number of ether oxygens (including phenoxy) is 1. The van der Waals surface area contributed by atoms with Crippen molar-refractivity contribution in [1.29, 1.82) is 0 Å². The monoisotopic (exact) mass is 209 g/mol. The van der Waals surface area contributed by atoms with Crippen molar-refractivity contribution >= 4 is 6.09 Å². The number of benzene rings is 1. The van der Waals surface area contributed by atoms with Crippen molar-refractivity contribution in [2.45, 2.75) is 6.54 Å². The van der Waals surface area contributed by atoms with Crippen LogP contribution in [0.1, 0.15) is 5.56 Å². The molecule has 1 aromatic carbocycles. The SMILES string of the molecule is O=C(O)N1CCOc2cccc(O)c2C1. The largest absolute Gasteiger partial charge is 0.507 e. The number of phenolic OH excluding ortho intramolecular Hbond substituents is 1. The van der Waals surface area contributed by atoms with Gasteiger partial charge in [0.25, 0.3) is 0 Å². The molecule has 0 atom stereocenters. The number of nitrogens with zero attached hydrogens (tertiary/aromatic N) is 1. The predicted molar refractivity (Wildman–Crippen MR) is 52.0 cm³/mol. The molecule has 0 saturated carbocycles. The van der Waals surface area contributed by atoms with Gasteiger partial charge < -0.3 is 19.8 Å². The molecule has 0 spiro atoms. The van der Waals surface area contributed by atoms with E-state index in [1.165, 1.54) is 11.0 Å². The first-order chi connectivity index (χ1) is 7.18. The van der Waals surface area contributed by atoms with Gasteiger partial charge in [0, 0.05) is 0 Å². The van der Waals surface area contributed by atoms with Crippen molar-refractivity contribution in [2.24, 2.45) is 0 Å². The summed E-state index contributed by atoms with van der Waals surface area (Å²) in [5.74, 6) is 0.624. The van der Waals surface area contributed by atoms with Crippen LogP contribution in [-0.4, -0.2) is 34.4 Å². The van der Waals surface area contributed by atoms with Gasteiger partial charge in [0.05, 0.1) is 18.7 Å². The molecule has 0 bridgehead atoms. The molecule has 5 nitrogen and oxygen atoms in total.